The van der Waals surface area contributed by atoms with E-state index in [4.69, 9.17) is 38.0 Å². The van der Waals surface area contributed by atoms with Crippen molar-refractivity contribution in [3.8, 4) is 0 Å². The number of nitro groups is 1. The molecule has 0 radical (unpaired) electrons. The van der Waals surface area contributed by atoms with E-state index in [1.165, 1.54) is 12.1 Å². The molecule has 2 rings (SSSR count). The van der Waals surface area contributed by atoms with Gasteiger partial charge < -0.3 is 14.8 Å². The molecule has 0 amide bonds. The topological polar surface area (TPSA) is 128 Å². The van der Waals surface area contributed by atoms with Gasteiger partial charge in [-0.25, -0.2) is 9.34 Å². The van der Waals surface area contributed by atoms with Crippen LogP contribution in [0.5, 0.6) is 0 Å². The Balaban J connectivity index is 2.22. The van der Waals surface area contributed by atoms with Gasteiger partial charge in [-0.3, -0.25) is 19.2 Å². The maximum Gasteiger partial charge on any atom is 0.283 e. The van der Waals surface area contributed by atoms with E-state index in [1.54, 1.807) is 47.7 Å². The molecule has 0 bridgehead atoms. The second kappa shape index (κ2) is 18.2. The van der Waals surface area contributed by atoms with Gasteiger partial charge >= 0.3 is 0 Å². The largest absolute Gasteiger partial charge is 0.399 e. The average Bonchev–Trinajstić information content (AvgIpc) is 2.94. The highest BCUT2D eigenvalue weighted by Crippen LogP contribution is 2.65. The summed E-state index contributed by atoms with van der Waals surface area (Å²) in [6.07, 6.45) is 3.79. The molecule has 14 heteroatoms. The summed E-state index contributed by atoms with van der Waals surface area (Å²) in [7, 11) is -3.83. The van der Waals surface area contributed by atoms with Gasteiger partial charge in [-0.15, -0.1) is 23.2 Å². The lowest BCUT2D eigenvalue weighted by molar-refractivity contribution is -0.384. The van der Waals surface area contributed by atoms with Crippen LogP contribution in [0.1, 0.15) is 36.8 Å². The number of benzene rings is 2. The number of anilines is 1. The van der Waals surface area contributed by atoms with Gasteiger partial charge in [-0.05, 0) is 75.9 Å². The third-order valence-electron chi connectivity index (χ3n) is 6.62. The highest BCUT2D eigenvalue weighted by Gasteiger charge is 2.42. The van der Waals surface area contributed by atoms with Crippen LogP contribution in [-0.2, 0) is 31.0 Å². The van der Waals surface area contributed by atoms with Crippen molar-refractivity contribution in [3.63, 3.8) is 0 Å². The molecule has 0 saturated heterocycles. The van der Waals surface area contributed by atoms with Crippen molar-refractivity contribution in [2.24, 2.45) is 0 Å². The number of alkyl halides is 2. The first kappa shape index (κ1) is 35.7. The molecule has 2 aromatic rings. The van der Waals surface area contributed by atoms with E-state index >= 15 is 0 Å². The summed E-state index contributed by atoms with van der Waals surface area (Å²) in [5.74, 6) is 0.690. The molecule has 0 aliphatic heterocycles. The smallest absolute Gasteiger partial charge is 0.283 e. The maximum atomic E-state index is 14.4. The molecule has 0 aliphatic rings. The molecule has 2 unspecified atom stereocenters. The third-order valence-corrected chi connectivity index (χ3v) is 13.7. The van der Waals surface area contributed by atoms with Crippen LogP contribution in [0.2, 0.25) is 0 Å². The maximum absolute atomic E-state index is 14.4. The Labute approximate surface area is 253 Å². The molecule has 0 fully saturated rings. The van der Waals surface area contributed by atoms with Crippen molar-refractivity contribution >= 4 is 49.6 Å². The van der Waals surface area contributed by atoms with Gasteiger partial charge in [-0.2, -0.15) is 0 Å². The number of hydrogen-bond donors (Lipinski definition) is 1. The number of nitrogens with two attached hydrogens (primary N) is 1. The van der Waals surface area contributed by atoms with Crippen molar-refractivity contribution in [2.45, 2.75) is 38.5 Å². The van der Waals surface area contributed by atoms with Crippen molar-refractivity contribution in [3.05, 3.63) is 69.8 Å². The molecule has 0 spiro atoms. The number of non-ortho nitro benzene ring substituents is 1. The Hall–Kier alpha value is -1.48. The van der Waals surface area contributed by atoms with E-state index in [2.05, 4.69) is 0 Å². The van der Waals surface area contributed by atoms with Crippen LogP contribution >= 0.6 is 38.2 Å². The summed E-state index contributed by atoms with van der Waals surface area (Å²) < 4.78 is 44.3. The number of halogens is 2. The lowest BCUT2D eigenvalue weighted by Gasteiger charge is -2.34. The highest BCUT2D eigenvalue weighted by molar-refractivity contribution is 7.73. The summed E-state index contributed by atoms with van der Waals surface area (Å²) in [4.78, 5) is 10.5. The predicted octanol–water partition coefficient (Wildman–Crippen LogP) is 7.24. The monoisotopic (exact) mass is 650 g/mol. The van der Waals surface area contributed by atoms with Crippen molar-refractivity contribution < 1.29 is 23.1 Å². The molecule has 0 aliphatic carbocycles. The minimum atomic E-state index is -3.64. The first-order valence-electron chi connectivity index (χ1n) is 13.6. The second-order valence-corrected chi connectivity index (χ2v) is 16.1. The van der Waals surface area contributed by atoms with Gasteiger partial charge in [0.2, 0.25) is 0 Å². The van der Waals surface area contributed by atoms with Crippen LogP contribution < -0.4 is 5.73 Å². The molecular formula is C27H42Cl2N4O6P2. The summed E-state index contributed by atoms with van der Waals surface area (Å²) in [5, 5.41) is 11.0. The number of hydrogen-bond acceptors (Lipinski definition) is 7. The molecule has 0 saturated carbocycles. The van der Waals surface area contributed by atoms with Gasteiger partial charge in [0.15, 0.2) is 0 Å². The minimum Gasteiger partial charge on any atom is -0.399 e. The summed E-state index contributed by atoms with van der Waals surface area (Å²) in [6.45, 7) is 1.16. The zero-order valence-corrected chi connectivity index (χ0v) is 27.1. The fourth-order valence-electron chi connectivity index (χ4n) is 3.98. The molecule has 0 heterocycles. The Morgan fingerprint density at radius 1 is 0.780 bits per heavy atom. The molecule has 0 aromatic heterocycles. The Bertz CT molecular complexity index is 1160. The van der Waals surface area contributed by atoms with Crippen LogP contribution in [0, 0.1) is 10.1 Å². The van der Waals surface area contributed by atoms with E-state index in [9.17, 15) is 19.2 Å². The SMILES string of the molecule is CN(CCCCCl)P(=O)(CP(=O)(OCCc1ccc([N+](=O)[O-])cc1)N(C)CCCCCl)OCCc1ccc(N)cc1. The minimum absolute atomic E-state index is 0.00590. The predicted molar refractivity (Wildman–Crippen MR) is 169 cm³/mol. The first-order valence-corrected chi connectivity index (χ1v) is 18.2. The molecule has 41 heavy (non-hydrogen) atoms. The Morgan fingerprint density at radius 3 is 1.59 bits per heavy atom. The molecule has 10 nitrogen and oxygen atoms in total. The van der Waals surface area contributed by atoms with Crippen LogP contribution in [0.4, 0.5) is 11.4 Å². The summed E-state index contributed by atoms with van der Waals surface area (Å²) in [6, 6.07) is 13.5. The molecular weight excluding hydrogens is 609 g/mol. The number of unbranched alkanes of at least 4 members (excludes halogenated alkanes) is 2. The Kier molecular flexibility index (Phi) is 15.9. The van der Waals surface area contributed by atoms with E-state index in [0.717, 1.165) is 24.0 Å². The van der Waals surface area contributed by atoms with E-state index < -0.39 is 20.0 Å². The Morgan fingerprint density at radius 2 is 1.20 bits per heavy atom. The van der Waals surface area contributed by atoms with Crippen molar-refractivity contribution in [1.29, 1.82) is 0 Å². The quantitative estimate of drug-likeness (QED) is 0.0371. The highest BCUT2D eigenvalue weighted by atomic mass is 35.5. The van der Waals surface area contributed by atoms with Crippen LogP contribution in [0.15, 0.2) is 48.5 Å². The van der Waals surface area contributed by atoms with Gasteiger partial charge in [0.1, 0.15) is 5.90 Å². The number of nitrogen functional groups attached to an aromatic ring is 1. The fourth-order valence-corrected chi connectivity index (χ4v) is 10.6. The number of nitrogens with zero attached hydrogens (tertiary/aromatic N) is 3. The molecule has 2 atom stereocenters. The first-order chi connectivity index (χ1) is 19.5. The van der Waals surface area contributed by atoms with E-state index in [1.807, 2.05) is 12.1 Å². The van der Waals surface area contributed by atoms with Gasteiger partial charge in [0, 0.05) is 42.7 Å². The zero-order valence-electron chi connectivity index (χ0n) is 23.8. The molecule has 2 N–H and O–H groups in total. The normalized spacial score (nSPS) is 14.7. The van der Waals surface area contributed by atoms with E-state index in [-0.39, 0.29) is 24.8 Å². The number of nitro benzene ring substituents is 1. The lowest BCUT2D eigenvalue weighted by Crippen LogP contribution is -2.26. The standard InChI is InChI=1S/C27H42Cl2N4O6P2/c1-31(19-5-3-17-28)40(36,38-21-15-24-7-11-26(30)12-8-24)23-41(37,32(2)20-6-4-18-29)39-22-16-25-9-13-27(14-10-25)33(34)35/h7-14H,3-6,15-23,30H2,1-2H3. The van der Waals surface area contributed by atoms with Crippen molar-refractivity contribution in [1.82, 2.24) is 9.34 Å². The van der Waals surface area contributed by atoms with E-state index in [0.29, 0.717) is 56.2 Å². The lowest BCUT2D eigenvalue weighted by atomic mass is 10.1. The molecule has 230 valence electrons. The second-order valence-electron chi connectivity index (χ2n) is 9.80. The fraction of sp³-hybridized carbons (Fsp3) is 0.556. The van der Waals surface area contributed by atoms with Gasteiger partial charge in [0.25, 0.3) is 20.7 Å². The number of rotatable bonds is 21. The van der Waals surface area contributed by atoms with Crippen LogP contribution in [0.25, 0.3) is 0 Å². The van der Waals surface area contributed by atoms with Gasteiger partial charge in [0.05, 0.1) is 18.1 Å². The third kappa shape index (κ3) is 12.3. The van der Waals surface area contributed by atoms with Crippen LogP contribution in [0.3, 0.4) is 0 Å². The van der Waals surface area contributed by atoms with Crippen LogP contribution in [-0.4, -0.2) is 72.3 Å². The average molecular weight is 652 g/mol. The van der Waals surface area contributed by atoms with Crippen molar-refractivity contribution in [2.75, 3.05) is 63.8 Å². The summed E-state index contributed by atoms with van der Waals surface area (Å²) >= 11 is 11.7. The summed E-state index contributed by atoms with van der Waals surface area (Å²) in [5.41, 5.74) is 8.22. The molecule has 2 aromatic carbocycles. The van der Waals surface area contributed by atoms with Gasteiger partial charge in [-0.1, -0.05) is 24.3 Å². The zero-order chi connectivity index (χ0) is 30.3.